The van der Waals surface area contributed by atoms with Gasteiger partial charge in [0.15, 0.2) is 0 Å². The van der Waals surface area contributed by atoms with E-state index in [2.05, 4.69) is 9.80 Å². The van der Waals surface area contributed by atoms with Gasteiger partial charge in [0.25, 0.3) is 0 Å². The van der Waals surface area contributed by atoms with Gasteiger partial charge in [0.1, 0.15) is 0 Å². The average Bonchev–Trinajstić information content (AvgIpc) is 0.811. The van der Waals surface area contributed by atoms with E-state index in [1.807, 2.05) is 4.93 Å². The van der Waals surface area contributed by atoms with E-state index in [1.54, 1.807) is 0 Å². The summed E-state index contributed by atoms with van der Waals surface area (Å²) < 4.78 is 5.13. The Labute approximate surface area is 37.5 Å². The summed E-state index contributed by atoms with van der Waals surface area (Å²) in [6.07, 6.45) is 0. The summed E-state index contributed by atoms with van der Waals surface area (Å²) >= 11 is -1.07. The summed E-state index contributed by atoms with van der Waals surface area (Å²) in [6, 6.07) is 0. The number of hydrogen-bond donors (Lipinski definition) is 2. The molecule has 3 heteroatoms. The molecule has 1 nitrogen and oxygen atoms in total. The quantitative estimate of drug-likeness (QED) is 0.252. The van der Waals surface area contributed by atoms with Crippen molar-refractivity contribution in [2.75, 3.05) is 4.93 Å². The maximum atomic E-state index is 5.13. The van der Waals surface area contributed by atoms with Gasteiger partial charge >= 0.3 is 37.4 Å². The summed E-state index contributed by atoms with van der Waals surface area (Å²) in [5.74, 6) is 0. The van der Waals surface area contributed by atoms with Crippen LogP contribution in [0.3, 0.4) is 0 Å². The van der Waals surface area contributed by atoms with Crippen LogP contribution in [-0.4, -0.2) is 4.93 Å². The molecule has 0 saturated carbocycles. The Hall–Kier alpha value is 1.04. The van der Waals surface area contributed by atoms with Crippen LogP contribution in [-0.2, 0) is 0 Å². The van der Waals surface area contributed by atoms with Gasteiger partial charge in [-0.15, -0.1) is 0 Å². The first-order valence-electron chi connectivity index (χ1n) is 0.765. The molecular formula is CH6INS. The first-order chi connectivity index (χ1) is 1.73. The van der Waals surface area contributed by atoms with Gasteiger partial charge in [0.2, 0.25) is 0 Å². The van der Waals surface area contributed by atoms with Gasteiger partial charge < -0.3 is 0 Å². The Balaban J connectivity index is 2.32. The van der Waals surface area contributed by atoms with Crippen molar-refractivity contribution in [3.05, 3.63) is 0 Å². The monoisotopic (exact) mass is 191 g/mol. The third-order valence-corrected chi connectivity index (χ3v) is 0. The van der Waals surface area contributed by atoms with Gasteiger partial charge in [-0.1, -0.05) is 0 Å². The fourth-order valence-corrected chi connectivity index (χ4v) is 0. The molecule has 0 rings (SSSR count). The van der Waals surface area contributed by atoms with Crippen LogP contribution in [0.2, 0.25) is 0 Å². The zero-order valence-electron chi connectivity index (χ0n) is 2.40. The SMILES string of the molecule is CI(N)S. The van der Waals surface area contributed by atoms with Crippen LogP contribution in [0, 0.1) is 0 Å². The third-order valence-electron chi connectivity index (χ3n) is 0. The molecule has 0 radical (unpaired) electrons. The van der Waals surface area contributed by atoms with Crippen LogP contribution in [0.4, 0.5) is 0 Å². The predicted octanol–water partition coefficient (Wildman–Crippen LogP) is 0.841. The van der Waals surface area contributed by atoms with Crippen LogP contribution in [0.5, 0.6) is 0 Å². The van der Waals surface area contributed by atoms with Crippen LogP contribution in [0.1, 0.15) is 0 Å². The molecule has 0 saturated heterocycles. The van der Waals surface area contributed by atoms with Crippen LogP contribution in [0.25, 0.3) is 0 Å². The predicted molar refractivity (Wildman–Crippen MR) is 33.1 cm³/mol. The summed E-state index contributed by atoms with van der Waals surface area (Å²) in [7, 11) is 3.90. The molecule has 2 N–H and O–H groups in total. The molecule has 0 heterocycles. The van der Waals surface area contributed by atoms with Crippen LogP contribution >= 0.6 is 28.5 Å². The van der Waals surface area contributed by atoms with Gasteiger partial charge in [0, 0.05) is 0 Å². The van der Waals surface area contributed by atoms with Gasteiger partial charge in [-0.2, -0.15) is 0 Å². The first kappa shape index (κ1) is 5.04. The Morgan fingerprint density at radius 1 is 2.00 bits per heavy atom. The zero-order valence-corrected chi connectivity index (χ0v) is 5.45. The van der Waals surface area contributed by atoms with Crippen molar-refractivity contribution in [1.82, 2.24) is 0 Å². The van der Waals surface area contributed by atoms with E-state index in [4.69, 9.17) is 3.95 Å². The van der Waals surface area contributed by atoms with E-state index >= 15 is 0 Å². The fourth-order valence-electron chi connectivity index (χ4n) is 0. The minimum atomic E-state index is -1.07. The van der Waals surface area contributed by atoms with E-state index in [0.717, 1.165) is 0 Å². The molecule has 0 amide bonds. The molecule has 0 unspecified atom stereocenters. The van der Waals surface area contributed by atoms with E-state index in [-0.39, 0.29) is 0 Å². The molecule has 4 heavy (non-hydrogen) atoms. The van der Waals surface area contributed by atoms with Crippen LogP contribution < -0.4 is 3.95 Å². The Kier molecular flexibility index (Phi) is 2.88. The van der Waals surface area contributed by atoms with Crippen molar-refractivity contribution < 1.29 is 0 Å². The summed E-state index contributed by atoms with van der Waals surface area (Å²) in [6.45, 7) is 0. The molecule has 0 aliphatic carbocycles. The van der Waals surface area contributed by atoms with Gasteiger partial charge in [0.05, 0.1) is 0 Å². The zero-order chi connectivity index (χ0) is 3.58. The van der Waals surface area contributed by atoms with Gasteiger partial charge in [-0.25, -0.2) is 0 Å². The first-order valence-corrected chi connectivity index (χ1v) is 7.40. The molecular weight excluding hydrogens is 185 g/mol. The Morgan fingerprint density at radius 3 is 2.00 bits per heavy atom. The summed E-state index contributed by atoms with van der Waals surface area (Å²) in [5.41, 5.74) is 0. The second-order valence-electron chi connectivity index (χ2n) is 0.485. The summed E-state index contributed by atoms with van der Waals surface area (Å²) in [5, 5.41) is 0. The van der Waals surface area contributed by atoms with E-state index in [0.29, 0.717) is 0 Å². The van der Waals surface area contributed by atoms with Crippen molar-refractivity contribution in [1.29, 1.82) is 0 Å². The molecule has 0 aromatic carbocycles. The van der Waals surface area contributed by atoms with Crippen molar-refractivity contribution in [3.63, 3.8) is 0 Å². The number of alkyl halides is 1. The van der Waals surface area contributed by atoms with Crippen molar-refractivity contribution in [2.45, 2.75) is 0 Å². The Morgan fingerprint density at radius 2 is 2.00 bits per heavy atom. The van der Waals surface area contributed by atoms with Crippen molar-refractivity contribution in [3.8, 4) is 0 Å². The average molecular weight is 191 g/mol. The number of thiol groups is 1. The number of nitrogens with two attached hydrogens (primary N) is 1. The summed E-state index contributed by atoms with van der Waals surface area (Å²) in [4.78, 5) is 1.97. The second-order valence-corrected chi connectivity index (χ2v) is 6.83. The van der Waals surface area contributed by atoms with Crippen LogP contribution in [0.15, 0.2) is 0 Å². The van der Waals surface area contributed by atoms with E-state index < -0.39 is 18.7 Å². The minimum absolute atomic E-state index is 1.07. The van der Waals surface area contributed by atoms with Gasteiger partial charge in [-0.05, 0) is 0 Å². The van der Waals surface area contributed by atoms with E-state index in [9.17, 15) is 0 Å². The third kappa shape index (κ3) is 11.7. The topological polar surface area (TPSA) is 26.0 Å². The molecule has 0 spiro atoms. The maximum absolute atomic E-state index is 5.13. The molecule has 0 aromatic rings. The molecule has 0 bridgehead atoms. The number of hydrogen-bond acceptors (Lipinski definition) is 2. The molecule has 0 aliphatic heterocycles. The fraction of sp³-hybridized carbons (Fsp3) is 1.00. The van der Waals surface area contributed by atoms with Gasteiger partial charge in [-0.3, -0.25) is 0 Å². The molecule has 0 fully saturated rings. The normalized spacial score (nSPS) is 11.2. The second kappa shape index (κ2) is 2.29. The number of rotatable bonds is 0. The number of halogens is 1. The Bertz CT molecular complexity index is 12.8. The molecule has 0 aliphatic rings. The molecule has 0 atom stereocenters. The van der Waals surface area contributed by atoms with E-state index in [1.165, 1.54) is 0 Å². The van der Waals surface area contributed by atoms with Crippen molar-refractivity contribution in [2.24, 2.45) is 3.95 Å². The van der Waals surface area contributed by atoms with Crippen molar-refractivity contribution >= 4 is 28.5 Å². The molecule has 28 valence electrons. The standard InChI is InChI=1S/CH6INS/c1-2(3)4/h4H,3H2,1H3. The molecule has 0 aromatic heterocycles.